The van der Waals surface area contributed by atoms with Gasteiger partial charge in [-0.1, -0.05) is 6.07 Å². The molecule has 0 spiro atoms. The topological polar surface area (TPSA) is 55.6 Å². The molecule has 0 bridgehead atoms. The molecule has 5 nitrogen and oxygen atoms in total. The number of hydrogen-bond acceptors (Lipinski definition) is 4. The van der Waals surface area contributed by atoms with Crippen molar-refractivity contribution in [2.75, 3.05) is 20.2 Å². The molecule has 2 aromatic carbocycles. The number of halogens is 1. The van der Waals surface area contributed by atoms with Gasteiger partial charge in [0, 0.05) is 25.5 Å². The van der Waals surface area contributed by atoms with Gasteiger partial charge in [-0.15, -0.1) is 0 Å². The van der Waals surface area contributed by atoms with E-state index in [2.05, 4.69) is 11.1 Å². The molecule has 0 saturated carbocycles. The zero-order valence-electron chi connectivity index (χ0n) is 16.9. The number of aromatic nitrogens is 1. The fourth-order valence-electron chi connectivity index (χ4n) is 3.02. The van der Waals surface area contributed by atoms with E-state index >= 15 is 0 Å². The molecule has 6 heteroatoms. The van der Waals surface area contributed by atoms with Crippen LogP contribution in [-0.4, -0.2) is 36.0 Å². The first-order chi connectivity index (χ1) is 13.9. The van der Waals surface area contributed by atoms with E-state index in [0.717, 1.165) is 22.4 Å². The summed E-state index contributed by atoms with van der Waals surface area (Å²) in [6.45, 7) is 4.98. The number of rotatable bonds is 8. The van der Waals surface area contributed by atoms with Gasteiger partial charge in [-0.2, -0.15) is 0 Å². The molecule has 0 aliphatic carbocycles. The first kappa shape index (κ1) is 20.6. The van der Waals surface area contributed by atoms with Crippen molar-refractivity contribution in [1.82, 2.24) is 9.88 Å². The molecule has 0 aliphatic rings. The van der Waals surface area contributed by atoms with Crippen LogP contribution in [0.15, 0.2) is 53.1 Å². The fourth-order valence-corrected chi connectivity index (χ4v) is 3.02. The maximum absolute atomic E-state index is 13.0. The third-order valence-corrected chi connectivity index (χ3v) is 4.55. The van der Waals surface area contributed by atoms with Crippen LogP contribution >= 0.6 is 0 Å². The summed E-state index contributed by atoms with van der Waals surface area (Å²) in [5.74, 6) is 1.55. The number of amides is 1. The Hall–Kier alpha value is -3.15. The monoisotopic (exact) mass is 396 g/mol. The van der Waals surface area contributed by atoms with E-state index in [1.54, 1.807) is 30.3 Å². The first-order valence-electron chi connectivity index (χ1n) is 9.56. The quantitative estimate of drug-likeness (QED) is 0.560. The van der Waals surface area contributed by atoms with E-state index in [9.17, 15) is 9.18 Å². The molecule has 1 aromatic heterocycles. The Bertz CT molecular complexity index is 946. The zero-order valence-corrected chi connectivity index (χ0v) is 16.9. The zero-order chi connectivity index (χ0) is 20.8. The second kappa shape index (κ2) is 9.37. The highest BCUT2D eigenvalue weighted by Gasteiger charge is 2.12. The van der Waals surface area contributed by atoms with Crippen LogP contribution in [0.1, 0.15) is 23.4 Å². The maximum Gasteiger partial charge on any atom is 0.222 e. The van der Waals surface area contributed by atoms with Crippen molar-refractivity contribution >= 4 is 5.91 Å². The molecule has 0 radical (unpaired) electrons. The minimum Gasteiger partial charge on any atom is -0.492 e. The van der Waals surface area contributed by atoms with Crippen LogP contribution in [0.25, 0.3) is 11.3 Å². The molecule has 0 saturated heterocycles. The van der Waals surface area contributed by atoms with Gasteiger partial charge in [0.1, 0.15) is 18.2 Å². The Morgan fingerprint density at radius 1 is 1.14 bits per heavy atom. The molecular weight excluding hydrogens is 371 g/mol. The second-order valence-corrected chi connectivity index (χ2v) is 7.11. The van der Waals surface area contributed by atoms with Crippen molar-refractivity contribution in [2.45, 2.75) is 26.7 Å². The van der Waals surface area contributed by atoms with Crippen LogP contribution in [0.5, 0.6) is 5.75 Å². The maximum atomic E-state index is 13.0. The number of benzene rings is 2. The Labute approximate surface area is 170 Å². The Morgan fingerprint density at radius 2 is 1.83 bits per heavy atom. The number of likely N-dealkylation sites (N-methyl/N-ethyl adjacent to an activating group) is 1. The van der Waals surface area contributed by atoms with Gasteiger partial charge in [-0.05, 0) is 61.4 Å². The SMILES string of the molecule is Cc1cc(C)cc(OCCN(C)C(=O)CCc2ncc(-c3ccc(F)cc3)o2)c1. The van der Waals surface area contributed by atoms with Crippen LogP contribution in [0.4, 0.5) is 4.39 Å². The van der Waals surface area contributed by atoms with Crippen molar-refractivity contribution in [3.63, 3.8) is 0 Å². The number of hydrogen-bond donors (Lipinski definition) is 0. The largest absolute Gasteiger partial charge is 0.492 e. The molecule has 152 valence electrons. The molecule has 29 heavy (non-hydrogen) atoms. The van der Waals surface area contributed by atoms with Gasteiger partial charge in [0.15, 0.2) is 11.7 Å². The lowest BCUT2D eigenvalue weighted by atomic mass is 10.1. The lowest BCUT2D eigenvalue weighted by Crippen LogP contribution is -2.31. The van der Waals surface area contributed by atoms with Crippen LogP contribution in [-0.2, 0) is 11.2 Å². The summed E-state index contributed by atoms with van der Waals surface area (Å²) in [4.78, 5) is 18.2. The van der Waals surface area contributed by atoms with Crippen LogP contribution in [0.3, 0.4) is 0 Å². The molecule has 3 rings (SSSR count). The van der Waals surface area contributed by atoms with Crippen LogP contribution in [0, 0.1) is 19.7 Å². The minimum atomic E-state index is -0.302. The Kier molecular flexibility index (Phi) is 6.65. The molecule has 0 unspecified atom stereocenters. The van der Waals surface area contributed by atoms with Crippen molar-refractivity contribution < 1.29 is 18.3 Å². The lowest BCUT2D eigenvalue weighted by Gasteiger charge is -2.17. The van der Waals surface area contributed by atoms with Crippen molar-refractivity contribution in [2.24, 2.45) is 0 Å². The Morgan fingerprint density at radius 3 is 2.52 bits per heavy atom. The summed E-state index contributed by atoms with van der Waals surface area (Å²) < 4.78 is 24.4. The normalized spacial score (nSPS) is 10.8. The number of carbonyl (C=O) groups excluding carboxylic acids is 1. The van der Waals surface area contributed by atoms with Gasteiger partial charge in [-0.3, -0.25) is 4.79 Å². The average molecular weight is 396 g/mol. The average Bonchev–Trinajstić information content (AvgIpc) is 3.15. The van der Waals surface area contributed by atoms with Gasteiger partial charge in [-0.25, -0.2) is 9.37 Å². The molecule has 3 aromatic rings. The van der Waals surface area contributed by atoms with E-state index in [4.69, 9.17) is 9.15 Å². The molecule has 1 amide bonds. The summed E-state index contributed by atoms with van der Waals surface area (Å²) in [6.07, 6.45) is 2.29. The number of aryl methyl sites for hydroxylation is 3. The van der Waals surface area contributed by atoms with Gasteiger partial charge >= 0.3 is 0 Å². The summed E-state index contributed by atoms with van der Waals surface area (Å²) in [5, 5.41) is 0. The first-order valence-corrected chi connectivity index (χ1v) is 9.56. The van der Waals surface area contributed by atoms with Crippen molar-refractivity contribution in [3.8, 4) is 17.1 Å². The summed E-state index contributed by atoms with van der Waals surface area (Å²) in [5.41, 5.74) is 3.04. The number of oxazole rings is 1. The molecule has 1 heterocycles. The summed E-state index contributed by atoms with van der Waals surface area (Å²) in [7, 11) is 1.76. The summed E-state index contributed by atoms with van der Waals surface area (Å²) >= 11 is 0. The molecular formula is C23H25FN2O3. The van der Waals surface area contributed by atoms with Gasteiger partial charge in [0.25, 0.3) is 0 Å². The van der Waals surface area contributed by atoms with Gasteiger partial charge in [0.05, 0.1) is 12.7 Å². The molecule has 0 fully saturated rings. The Balaban J connectivity index is 1.44. The smallest absolute Gasteiger partial charge is 0.222 e. The second-order valence-electron chi connectivity index (χ2n) is 7.11. The van der Waals surface area contributed by atoms with Gasteiger partial charge < -0.3 is 14.1 Å². The molecule has 0 aliphatic heterocycles. The molecule has 0 atom stereocenters. The van der Waals surface area contributed by atoms with Crippen molar-refractivity contribution in [3.05, 3.63) is 71.5 Å². The van der Waals surface area contributed by atoms with E-state index < -0.39 is 0 Å². The number of nitrogens with zero attached hydrogens (tertiary/aromatic N) is 2. The van der Waals surface area contributed by atoms with Crippen LogP contribution in [0.2, 0.25) is 0 Å². The van der Waals surface area contributed by atoms with E-state index in [1.165, 1.54) is 12.1 Å². The minimum absolute atomic E-state index is 0.00412. The molecule has 0 N–H and O–H groups in total. The highest BCUT2D eigenvalue weighted by Crippen LogP contribution is 2.21. The van der Waals surface area contributed by atoms with E-state index in [-0.39, 0.29) is 11.7 Å². The van der Waals surface area contributed by atoms with E-state index in [1.807, 2.05) is 26.0 Å². The lowest BCUT2D eigenvalue weighted by molar-refractivity contribution is -0.130. The van der Waals surface area contributed by atoms with E-state index in [0.29, 0.717) is 37.6 Å². The standard InChI is InChI=1S/C23H25FN2O3/c1-16-12-17(2)14-20(13-16)28-11-10-26(3)23(27)9-8-22-25-15-21(29-22)18-4-6-19(24)7-5-18/h4-7,12-15H,8-11H2,1-3H3. The number of carbonyl (C=O) groups is 1. The predicted octanol–water partition coefficient (Wildman–Crippen LogP) is 4.57. The highest BCUT2D eigenvalue weighted by molar-refractivity contribution is 5.76. The van der Waals surface area contributed by atoms with Crippen molar-refractivity contribution in [1.29, 1.82) is 0 Å². The number of ether oxygens (including phenoxy) is 1. The predicted molar refractivity (Wildman–Crippen MR) is 109 cm³/mol. The third-order valence-electron chi connectivity index (χ3n) is 4.55. The summed E-state index contributed by atoms with van der Waals surface area (Å²) in [6, 6.07) is 12.1. The highest BCUT2D eigenvalue weighted by atomic mass is 19.1. The van der Waals surface area contributed by atoms with Gasteiger partial charge in [0.2, 0.25) is 5.91 Å². The third kappa shape index (κ3) is 5.91. The fraction of sp³-hybridized carbons (Fsp3) is 0.304. The van der Waals surface area contributed by atoms with Crippen LogP contribution < -0.4 is 4.74 Å².